The average Bonchev–Trinajstić information content (AvgIpc) is 2.55. The summed E-state index contributed by atoms with van der Waals surface area (Å²) < 4.78 is 4.84. The van der Waals surface area contributed by atoms with Gasteiger partial charge in [-0.15, -0.1) is 0 Å². The lowest BCUT2D eigenvalue weighted by atomic mass is 9.89. The normalized spacial score (nSPS) is 10.8. The topological polar surface area (TPSA) is 66.8 Å². The van der Waals surface area contributed by atoms with E-state index in [1.807, 2.05) is 0 Å². The van der Waals surface area contributed by atoms with Crippen molar-refractivity contribution in [3.05, 3.63) is 22.8 Å². The third-order valence-corrected chi connectivity index (χ3v) is 4.38. The van der Waals surface area contributed by atoms with Gasteiger partial charge in [0, 0.05) is 5.56 Å². The number of rotatable bonds is 11. The third kappa shape index (κ3) is 6.06. The molecule has 136 valence electrons. The smallest absolute Gasteiger partial charge is 0.504 e. The molecule has 0 atom stereocenters. The Kier molecular flexibility index (Phi) is 9.28. The lowest BCUT2D eigenvalue weighted by Gasteiger charge is -2.19. The van der Waals surface area contributed by atoms with Crippen LogP contribution in [0.4, 0.5) is 4.79 Å². The van der Waals surface area contributed by atoms with Crippen LogP contribution < -0.4 is 4.74 Å². The van der Waals surface area contributed by atoms with Crippen LogP contribution in [0.3, 0.4) is 0 Å². The van der Waals surface area contributed by atoms with Gasteiger partial charge in [-0.25, -0.2) is 4.79 Å². The van der Waals surface area contributed by atoms with Crippen molar-refractivity contribution in [2.75, 3.05) is 0 Å². The Bertz CT molecular complexity index is 523. The predicted octanol–water partition coefficient (Wildman–Crippen LogP) is 5.87. The zero-order chi connectivity index (χ0) is 17.9. The zero-order valence-electron chi connectivity index (χ0n) is 15.4. The van der Waals surface area contributed by atoms with Crippen molar-refractivity contribution in [3.63, 3.8) is 0 Å². The molecule has 0 unspecified atom stereocenters. The number of aryl methyl sites for hydroxylation is 1. The van der Waals surface area contributed by atoms with Gasteiger partial charge in [-0.3, -0.25) is 0 Å². The van der Waals surface area contributed by atoms with Gasteiger partial charge >= 0.3 is 6.16 Å². The summed E-state index contributed by atoms with van der Waals surface area (Å²) in [6.45, 7) is 6.45. The molecule has 0 aliphatic rings. The number of hydrogen-bond donors (Lipinski definition) is 2. The van der Waals surface area contributed by atoms with Crippen LogP contribution in [-0.2, 0) is 19.3 Å². The minimum atomic E-state index is -1.38. The molecule has 4 heteroatoms. The minimum absolute atomic E-state index is 0.0138. The fourth-order valence-corrected chi connectivity index (χ4v) is 3.05. The largest absolute Gasteiger partial charge is 0.511 e. The Balaban J connectivity index is 3.29. The fourth-order valence-electron chi connectivity index (χ4n) is 3.05. The van der Waals surface area contributed by atoms with Crippen molar-refractivity contribution in [1.29, 1.82) is 0 Å². The van der Waals surface area contributed by atoms with E-state index in [-0.39, 0.29) is 11.5 Å². The van der Waals surface area contributed by atoms with Crippen molar-refractivity contribution < 1.29 is 19.7 Å². The van der Waals surface area contributed by atoms with E-state index >= 15 is 0 Å². The summed E-state index contributed by atoms with van der Waals surface area (Å²) in [6.07, 6.45) is 8.70. The Morgan fingerprint density at radius 2 is 1.50 bits per heavy atom. The molecule has 0 aliphatic carbocycles. The number of hydrogen-bond acceptors (Lipinski definition) is 3. The first kappa shape index (κ1) is 20.3. The fraction of sp³-hybridized carbons (Fsp3) is 0.650. The lowest BCUT2D eigenvalue weighted by molar-refractivity contribution is 0.142. The van der Waals surface area contributed by atoms with Gasteiger partial charge in [-0.05, 0) is 55.7 Å². The van der Waals surface area contributed by atoms with E-state index in [1.54, 1.807) is 6.07 Å². The summed E-state index contributed by atoms with van der Waals surface area (Å²) in [7, 11) is 0. The van der Waals surface area contributed by atoms with Gasteiger partial charge in [0.1, 0.15) is 0 Å². The number of aromatic hydroxyl groups is 1. The molecule has 0 radical (unpaired) electrons. The number of phenols is 1. The monoisotopic (exact) mass is 336 g/mol. The zero-order valence-corrected chi connectivity index (χ0v) is 15.4. The maximum absolute atomic E-state index is 10.9. The molecule has 24 heavy (non-hydrogen) atoms. The first-order valence-corrected chi connectivity index (χ1v) is 9.32. The van der Waals surface area contributed by atoms with E-state index in [2.05, 4.69) is 20.8 Å². The molecule has 1 aromatic carbocycles. The molecule has 0 amide bonds. The number of phenolic OH excluding ortho intramolecular Hbond substituents is 1. The molecule has 0 saturated carbocycles. The molecule has 0 heterocycles. The highest BCUT2D eigenvalue weighted by Gasteiger charge is 2.19. The van der Waals surface area contributed by atoms with Crippen LogP contribution in [0.15, 0.2) is 6.07 Å². The second kappa shape index (κ2) is 11.0. The van der Waals surface area contributed by atoms with Crippen LogP contribution in [0.1, 0.15) is 82.4 Å². The second-order valence-corrected chi connectivity index (χ2v) is 6.37. The van der Waals surface area contributed by atoms with E-state index in [1.165, 1.54) is 5.56 Å². The van der Waals surface area contributed by atoms with Crippen molar-refractivity contribution in [2.45, 2.75) is 85.0 Å². The van der Waals surface area contributed by atoms with Gasteiger partial charge in [0.25, 0.3) is 0 Å². The van der Waals surface area contributed by atoms with E-state index in [4.69, 9.17) is 9.84 Å². The third-order valence-electron chi connectivity index (χ3n) is 4.38. The molecule has 1 aromatic rings. The quantitative estimate of drug-likeness (QED) is 0.301. The van der Waals surface area contributed by atoms with Gasteiger partial charge in [-0.1, -0.05) is 46.5 Å². The molecular formula is C20H32O4. The van der Waals surface area contributed by atoms with Crippen molar-refractivity contribution in [3.8, 4) is 11.5 Å². The number of benzene rings is 1. The molecule has 0 bridgehead atoms. The molecular weight excluding hydrogens is 304 g/mol. The summed E-state index contributed by atoms with van der Waals surface area (Å²) in [5.41, 5.74) is 3.23. The summed E-state index contributed by atoms with van der Waals surface area (Å²) in [4.78, 5) is 10.9. The first-order chi connectivity index (χ1) is 11.5. The van der Waals surface area contributed by atoms with E-state index in [0.717, 1.165) is 75.3 Å². The maximum atomic E-state index is 10.9. The summed E-state index contributed by atoms with van der Waals surface area (Å²) in [5.74, 6) is 0.0974. The van der Waals surface area contributed by atoms with E-state index < -0.39 is 6.16 Å². The van der Waals surface area contributed by atoms with Gasteiger partial charge < -0.3 is 14.9 Å². The highest BCUT2D eigenvalue weighted by atomic mass is 16.7. The number of unbranched alkanes of at least 4 members (excludes halogenated alkanes) is 4. The van der Waals surface area contributed by atoms with Crippen LogP contribution >= 0.6 is 0 Å². The summed E-state index contributed by atoms with van der Waals surface area (Å²) in [5, 5.41) is 19.5. The number of ether oxygens (including phenoxy) is 1. The molecule has 0 aliphatic heterocycles. The van der Waals surface area contributed by atoms with Gasteiger partial charge in [0.15, 0.2) is 11.5 Å². The SMILES string of the molecule is CCCCCc1c(O)c(OC(=O)O)cc(CCCC)c1CCCC. The van der Waals surface area contributed by atoms with Crippen molar-refractivity contribution in [2.24, 2.45) is 0 Å². The highest BCUT2D eigenvalue weighted by molar-refractivity contribution is 5.65. The Labute approximate surface area is 145 Å². The number of carbonyl (C=O) groups is 1. The van der Waals surface area contributed by atoms with E-state index in [0.29, 0.717) is 0 Å². The van der Waals surface area contributed by atoms with Gasteiger partial charge in [0.05, 0.1) is 0 Å². The Hall–Kier alpha value is -1.71. The Morgan fingerprint density at radius 3 is 2.08 bits per heavy atom. The molecule has 2 N–H and O–H groups in total. The standard InChI is InChI=1S/C20H32O4/c1-4-7-10-13-17-16(12-9-6-3)15(11-8-5-2)14-18(19(17)21)24-20(22)23/h14,21H,4-13H2,1-3H3,(H,22,23). The van der Waals surface area contributed by atoms with Gasteiger partial charge in [-0.2, -0.15) is 0 Å². The summed E-state index contributed by atoms with van der Waals surface area (Å²) in [6, 6.07) is 1.73. The van der Waals surface area contributed by atoms with Gasteiger partial charge in [0.2, 0.25) is 0 Å². The molecule has 4 nitrogen and oxygen atoms in total. The van der Waals surface area contributed by atoms with Crippen LogP contribution in [0.2, 0.25) is 0 Å². The van der Waals surface area contributed by atoms with Crippen LogP contribution in [0.25, 0.3) is 0 Å². The maximum Gasteiger partial charge on any atom is 0.511 e. The highest BCUT2D eigenvalue weighted by Crippen LogP contribution is 2.38. The average molecular weight is 336 g/mol. The molecule has 0 spiro atoms. The van der Waals surface area contributed by atoms with Crippen LogP contribution in [-0.4, -0.2) is 16.4 Å². The minimum Gasteiger partial charge on any atom is -0.504 e. The van der Waals surface area contributed by atoms with Crippen molar-refractivity contribution >= 4 is 6.16 Å². The van der Waals surface area contributed by atoms with E-state index in [9.17, 15) is 9.90 Å². The van der Waals surface area contributed by atoms with Crippen LogP contribution in [0, 0.1) is 0 Å². The van der Waals surface area contributed by atoms with Crippen LogP contribution in [0.5, 0.6) is 11.5 Å². The molecule has 0 fully saturated rings. The predicted molar refractivity (Wildman–Crippen MR) is 97.2 cm³/mol. The summed E-state index contributed by atoms with van der Waals surface area (Å²) >= 11 is 0. The van der Waals surface area contributed by atoms with Crippen molar-refractivity contribution in [1.82, 2.24) is 0 Å². The molecule has 0 aromatic heterocycles. The lowest BCUT2D eigenvalue weighted by Crippen LogP contribution is -2.08. The molecule has 0 saturated heterocycles. The number of carboxylic acid groups (broad SMARTS) is 1. The Morgan fingerprint density at radius 1 is 0.917 bits per heavy atom. The molecule has 1 rings (SSSR count). The first-order valence-electron chi connectivity index (χ1n) is 9.32. The second-order valence-electron chi connectivity index (χ2n) is 6.37.